The van der Waals surface area contributed by atoms with E-state index in [0.717, 1.165) is 57.0 Å². The number of nitrogens with one attached hydrogen (secondary N) is 1. The number of fused-ring (bicyclic) bond motifs is 1. The lowest BCUT2D eigenvalue weighted by Gasteiger charge is -2.30. The van der Waals surface area contributed by atoms with Gasteiger partial charge in [-0.3, -0.25) is 9.69 Å². The van der Waals surface area contributed by atoms with E-state index in [-0.39, 0.29) is 23.2 Å². The minimum absolute atomic E-state index is 0.0283. The summed E-state index contributed by atoms with van der Waals surface area (Å²) in [4.78, 5) is 22.7. The van der Waals surface area contributed by atoms with Crippen LogP contribution in [0.15, 0.2) is 36.7 Å². The summed E-state index contributed by atoms with van der Waals surface area (Å²) in [6.07, 6.45) is 7.66. The molecule has 2 heterocycles. The number of ether oxygens (including phenoxy) is 3. The Morgan fingerprint density at radius 1 is 1.16 bits per heavy atom. The number of aromatic nitrogens is 2. The topological polar surface area (TPSA) is 85.8 Å². The van der Waals surface area contributed by atoms with Crippen LogP contribution in [0.25, 0.3) is 10.9 Å². The van der Waals surface area contributed by atoms with Crippen molar-refractivity contribution in [2.45, 2.75) is 57.7 Å². The normalized spacial score (nSPS) is 18.5. The molecule has 1 saturated heterocycles. The first-order valence-corrected chi connectivity index (χ1v) is 13.5. The van der Waals surface area contributed by atoms with Gasteiger partial charge in [0.15, 0.2) is 11.5 Å². The average Bonchev–Trinajstić information content (AvgIpc) is 3.39. The molecule has 0 radical (unpaired) electrons. The van der Waals surface area contributed by atoms with Crippen LogP contribution < -0.4 is 14.8 Å². The summed E-state index contributed by atoms with van der Waals surface area (Å²) in [5.41, 5.74) is 1.32. The van der Waals surface area contributed by atoms with Crippen molar-refractivity contribution in [2.24, 2.45) is 0 Å². The zero-order valence-electron chi connectivity index (χ0n) is 21.4. The molecular formula is C28H32ClFN4O4. The van der Waals surface area contributed by atoms with E-state index in [1.54, 1.807) is 6.07 Å². The van der Waals surface area contributed by atoms with E-state index < -0.39 is 5.82 Å². The summed E-state index contributed by atoms with van der Waals surface area (Å²) in [7, 11) is 0. The predicted octanol–water partition coefficient (Wildman–Crippen LogP) is 5.89. The van der Waals surface area contributed by atoms with E-state index >= 15 is 0 Å². The maximum Gasteiger partial charge on any atom is 0.320 e. The first-order valence-electron chi connectivity index (χ1n) is 13.2. The molecule has 2 fully saturated rings. The number of carbonyl (C=O) groups is 1. The van der Waals surface area contributed by atoms with Gasteiger partial charge >= 0.3 is 5.97 Å². The van der Waals surface area contributed by atoms with Gasteiger partial charge in [0, 0.05) is 23.7 Å². The number of carbonyl (C=O) groups excluding carboxylic acids is 1. The lowest BCUT2D eigenvalue weighted by atomic mass is 10.2. The van der Waals surface area contributed by atoms with Gasteiger partial charge in [0.05, 0.1) is 29.8 Å². The van der Waals surface area contributed by atoms with Crippen molar-refractivity contribution in [3.05, 3.63) is 47.5 Å². The van der Waals surface area contributed by atoms with E-state index in [9.17, 15) is 9.18 Å². The summed E-state index contributed by atoms with van der Waals surface area (Å²) < 4.78 is 31.4. The predicted molar refractivity (Wildman–Crippen MR) is 144 cm³/mol. The zero-order valence-corrected chi connectivity index (χ0v) is 22.2. The van der Waals surface area contributed by atoms with Gasteiger partial charge in [0.2, 0.25) is 0 Å². The number of cyclic esters (lactones) is 1. The minimum atomic E-state index is -0.483. The fourth-order valence-electron chi connectivity index (χ4n) is 4.96. The molecule has 5 rings (SSSR count). The molecule has 38 heavy (non-hydrogen) atoms. The number of unbranched alkanes of at least 4 members (excludes halogenated alkanes) is 1. The number of anilines is 2. The Morgan fingerprint density at radius 2 is 2.00 bits per heavy atom. The van der Waals surface area contributed by atoms with Crippen LogP contribution in [0.2, 0.25) is 5.02 Å². The van der Waals surface area contributed by atoms with E-state index in [1.807, 2.05) is 19.1 Å². The van der Waals surface area contributed by atoms with Gasteiger partial charge in [-0.1, -0.05) is 11.6 Å². The van der Waals surface area contributed by atoms with Gasteiger partial charge in [-0.25, -0.2) is 14.4 Å². The van der Waals surface area contributed by atoms with Crippen LogP contribution in [-0.4, -0.2) is 59.3 Å². The molecule has 0 spiro atoms. The Balaban J connectivity index is 1.31. The maximum absolute atomic E-state index is 13.6. The summed E-state index contributed by atoms with van der Waals surface area (Å²) in [6, 6.07) is 8.22. The number of rotatable bonds is 10. The molecule has 202 valence electrons. The van der Waals surface area contributed by atoms with E-state index in [0.29, 0.717) is 41.7 Å². The number of morpholine rings is 1. The van der Waals surface area contributed by atoms with Gasteiger partial charge in [0.25, 0.3) is 0 Å². The molecule has 0 bridgehead atoms. The Morgan fingerprint density at radius 3 is 2.79 bits per heavy atom. The second kappa shape index (κ2) is 12.1. The molecule has 3 aromatic rings. The summed E-state index contributed by atoms with van der Waals surface area (Å²) in [6.45, 7) is 4.32. The monoisotopic (exact) mass is 542 g/mol. The molecule has 1 aliphatic heterocycles. The molecule has 1 unspecified atom stereocenters. The number of esters is 1. The first-order chi connectivity index (χ1) is 18.4. The van der Waals surface area contributed by atoms with Crippen molar-refractivity contribution in [1.82, 2.24) is 14.9 Å². The molecule has 10 heteroatoms. The molecule has 1 atom stereocenters. The van der Waals surface area contributed by atoms with Crippen LogP contribution in [0, 0.1) is 5.82 Å². The van der Waals surface area contributed by atoms with E-state index in [4.69, 9.17) is 25.8 Å². The van der Waals surface area contributed by atoms with Crippen molar-refractivity contribution in [3.8, 4) is 11.5 Å². The number of benzene rings is 2. The van der Waals surface area contributed by atoms with E-state index in [1.165, 1.54) is 18.5 Å². The van der Waals surface area contributed by atoms with Crippen LogP contribution in [0.1, 0.15) is 45.4 Å². The van der Waals surface area contributed by atoms with Crippen molar-refractivity contribution >= 4 is 40.0 Å². The lowest BCUT2D eigenvalue weighted by Crippen LogP contribution is -2.44. The van der Waals surface area contributed by atoms with Crippen LogP contribution in [0.5, 0.6) is 11.5 Å². The number of halogens is 2. The average molecular weight is 543 g/mol. The summed E-state index contributed by atoms with van der Waals surface area (Å²) in [5.74, 6) is 1.21. The van der Waals surface area contributed by atoms with Crippen LogP contribution in [0.3, 0.4) is 0 Å². The van der Waals surface area contributed by atoms with Gasteiger partial charge in [-0.05, 0) is 76.3 Å². The highest BCUT2D eigenvalue weighted by Crippen LogP contribution is 2.37. The van der Waals surface area contributed by atoms with Crippen molar-refractivity contribution in [2.75, 3.05) is 31.6 Å². The quantitative estimate of drug-likeness (QED) is 0.250. The van der Waals surface area contributed by atoms with Gasteiger partial charge in [-0.15, -0.1) is 0 Å². The Labute approximate surface area is 226 Å². The SMILES string of the molecule is CC1CN(CCCCOc2cc3c(Nc4ccc(F)c(Cl)c4)ncnc3cc2OC2CCCC2)CC(=O)O1. The number of nitrogens with zero attached hydrogens (tertiary/aromatic N) is 3. The largest absolute Gasteiger partial charge is 0.490 e. The highest BCUT2D eigenvalue weighted by molar-refractivity contribution is 6.31. The van der Waals surface area contributed by atoms with Crippen LogP contribution in [-0.2, 0) is 9.53 Å². The second-order valence-electron chi connectivity index (χ2n) is 9.91. The maximum atomic E-state index is 13.6. The Hall–Kier alpha value is -3.17. The second-order valence-corrected chi connectivity index (χ2v) is 10.3. The van der Waals surface area contributed by atoms with Crippen LogP contribution >= 0.6 is 11.6 Å². The standard InChI is InChI=1S/C28H32ClFN4O4/c1-18-15-34(16-27(35)37-18)10-4-5-11-36-25-13-21-24(14-26(25)38-20-6-2-3-7-20)31-17-32-28(21)33-19-8-9-23(30)22(29)12-19/h8-9,12-14,17-18,20H,2-7,10-11,15-16H2,1H3,(H,31,32,33). The Kier molecular flexibility index (Phi) is 8.44. The van der Waals surface area contributed by atoms with Gasteiger partial charge in [-0.2, -0.15) is 0 Å². The van der Waals surface area contributed by atoms with Crippen molar-refractivity contribution in [3.63, 3.8) is 0 Å². The molecule has 0 amide bonds. The number of hydrogen-bond acceptors (Lipinski definition) is 8. The fraction of sp³-hybridized carbons (Fsp3) is 0.464. The highest BCUT2D eigenvalue weighted by atomic mass is 35.5. The first kappa shape index (κ1) is 26.4. The zero-order chi connectivity index (χ0) is 26.5. The molecule has 1 saturated carbocycles. The lowest BCUT2D eigenvalue weighted by molar-refractivity contribution is -0.157. The third kappa shape index (κ3) is 6.63. The smallest absolute Gasteiger partial charge is 0.320 e. The molecule has 2 aliphatic rings. The van der Waals surface area contributed by atoms with Crippen molar-refractivity contribution in [1.29, 1.82) is 0 Å². The Bertz CT molecular complexity index is 1290. The van der Waals surface area contributed by atoms with Gasteiger partial charge in [0.1, 0.15) is 24.1 Å². The molecule has 1 aliphatic carbocycles. The molecule has 1 N–H and O–H groups in total. The fourth-order valence-corrected chi connectivity index (χ4v) is 5.15. The summed E-state index contributed by atoms with van der Waals surface area (Å²) >= 11 is 5.96. The van der Waals surface area contributed by atoms with Gasteiger partial charge < -0.3 is 19.5 Å². The number of hydrogen-bond donors (Lipinski definition) is 1. The molecule has 1 aromatic heterocycles. The van der Waals surface area contributed by atoms with Crippen molar-refractivity contribution < 1.29 is 23.4 Å². The minimum Gasteiger partial charge on any atom is -0.490 e. The molecule has 2 aromatic carbocycles. The highest BCUT2D eigenvalue weighted by Gasteiger charge is 2.23. The van der Waals surface area contributed by atoms with E-state index in [2.05, 4.69) is 20.2 Å². The van der Waals surface area contributed by atoms with Crippen LogP contribution in [0.4, 0.5) is 15.9 Å². The summed E-state index contributed by atoms with van der Waals surface area (Å²) in [5, 5.41) is 3.99. The molecular weight excluding hydrogens is 511 g/mol. The molecule has 8 nitrogen and oxygen atoms in total. The third-order valence-electron chi connectivity index (χ3n) is 6.81. The third-order valence-corrected chi connectivity index (χ3v) is 7.10.